The number of rotatable bonds is 5. The first-order valence-corrected chi connectivity index (χ1v) is 9.16. The van der Waals surface area contributed by atoms with E-state index in [4.69, 9.17) is 17.0 Å². The Kier molecular flexibility index (Phi) is 5.92. The van der Waals surface area contributed by atoms with Gasteiger partial charge in [-0.3, -0.25) is 20.2 Å². The summed E-state index contributed by atoms with van der Waals surface area (Å²) in [5.74, 6) is 0.332. The molecule has 0 fully saturated rings. The largest absolute Gasteiger partial charge is 0.497 e. The second kappa shape index (κ2) is 8.55. The molecule has 0 saturated heterocycles. The minimum absolute atomic E-state index is 0.0118. The highest BCUT2D eigenvalue weighted by Gasteiger charge is 2.11. The molecule has 0 bridgehead atoms. The molecule has 0 saturated carbocycles. The number of hydrogen-bond acceptors (Lipinski definition) is 7. The lowest BCUT2D eigenvalue weighted by molar-refractivity contribution is -0.384. The van der Waals surface area contributed by atoms with Crippen LogP contribution in [0.3, 0.4) is 0 Å². The Labute approximate surface area is 169 Å². The van der Waals surface area contributed by atoms with Crippen molar-refractivity contribution in [2.24, 2.45) is 0 Å². The van der Waals surface area contributed by atoms with Gasteiger partial charge in [-0.25, -0.2) is 4.98 Å². The second-order valence-corrected chi connectivity index (χ2v) is 6.92. The number of amides is 1. The number of thiocarbonyl (C=S) groups is 1. The average Bonchev–Trinajstić information content (AvgIpc) is 3.07. The predicted octanol–water partition coefficient (Wildman–Crippen LogP) is 3.74. The molecule has 3 aromatic rings. The summed E-state index contributed by atoms with van der Waals surface area (Å²) in [6.45, 7) is 0. The first-order chi connectivity index (χ1) is 13.4. The summed E-state index contributed by atoms with van der Waals surface area (Å²) in [4.78, 5) is 26.7. The number of nitro groups is 1. The first-order valence-electron chi connectivity index (χ1n) is 7.93. The van der Waals surface area contributed by atoms with Crippen LogP contribution in [-0.2, 0) is 4.79 Å². The maximum absolute atomic E-state index is 12.0. The summed E-state index contributed by atoms with van der Waals surface area (Å²) in [6, 6.07) is 11.6. The van der Waals surface area contributed by atoms with E-state index in [0.29, 0.717) is 15.3 Å². The highest BCUT2D eigenvalue weighted by molar-refractivity contribution is 7.80. The van der Waals surface area contributed by atoms with Crippen LogP contribution in [-0.4, -0.2) is 28.0 Å². The van der Waals surface area contributed by atoms with Gasteiger partial charge in [-0.1, -0.05) is 23.5 Å². The van der Waals surface area contributed by atoms with Crippen molar-refractivity contribution in [2.75, 3.05) is 12.4 Å². The summed E-state index contributed by atoms with van der Waals surface area (Å²) in [7, 11) is 1.58. The van der Waals surface area contributed by atoms with Crippen LogP contribution < -0.4 is 15.4 Å². The third kappa shape index (κ3) is 4.87. The van der Waals surface area contributed by atoms with Crippen molar-refractivity contribution in [3.05, 3.63) is 64.2 Å². The van der Waals surface area contributed by atoms with Gasteiger partial charge in [0.2, 0.25) is 5.91 Å². The molecule has 0 radical (unpaired) electrons. The van der Waals surface area contributed by atoms with E-state index in [9.17, 15) is 14.9 Å². The van der Waals surface area contributed by atoms with Crippen molar-refractivity contribution < 1.29 is 14.5 Å². The molecule has 0 aliphatic carbocycles. The highest BCUT2D eigenvalue weighted by atomic mass is 32.1. The highest BCUT2D eigenvalue weighted by Crippen LogP contribution is 2.29. The zero-order valence-corrected chi connectivity index (χ0v) is 16.2. The van der Waals surface area contributed by atoms with Gasteiger partial charge < -0.3 is 10.1 Å². The zero-order chi connectivity index (χ0) is 20.1. The van der Waals surface area contributed by atoms with Gasteiger partial charge in [-0.2, -0.15) is 0 Å². The van der Waals surface area contributed by atoms with Gasteiger partial charge in [-0.05, 0) is 42.1 Å². The molecule has 0 aliphatic heterocycles. The lowest BCUT2D eigenvalue weighted by Crippen LogP contribution is -2.32. The number of benzene rings is 2. The number of fused-ring (bicyclic) bond motifs is 1. The quantitative estimate of drug-likeness (QED) is 0.283. The van der Waals surface area contributed by atoms with Crippen molar-refractivity contribution in [2.45, 2.75) is 0 Å². The molecule has 3 rings (SSSR count). The number of thiazole rings is 1. The van der Waals surface area contributed by atoms with E-state index in [-0.39, 0.29) is 10.8 Å². The Morgan fingerprint density at radius 3 is 2.71 bits per heavy atom. The lowest BCUT2D eigenvalue weighted by Gasteiger charge is -2.04. The molecule has 1 aromatic heterocycles. The number of nitro benzene ring substituents is 1. The predicted molar refractivity (Wildman–Crippen MR) is 113 cm³/mol. The van der Waals surface area contributed by atoms with Crippen LogP contribution in [0.5, 0.6) is 5.75 Å². The Bertz CT molecular complexity index is 1080. The third-order valence-corrected chi connectivity index (χ3v) is 4.72. The van der Waals surface area contributed by atoms with E-state index in [1.54, 1.807) is 31.4 Å². The van der Waals surface area contributed by atoms with E-state index >= 15 is 0 Å². The second-order valence-electron chi connectivity index (χ2n) is 5.48. The number of methoxy groups -OCH3 is 1. The van der Waals surface area contributed by atoms with Crippen LogP contribution in [0.25, 0.3) is 16.3 Å². The molecular weight excluding hydrogens is 400 g/mol. The molecule has 28 heavy (non-hydrogen) atoms. The first kappa shape index (κ1) is 19.4. The van der Waals surface area contributed by atoms with E-state index < -0.39 is 10.8 Å². The molecule has 1 amide bonds. The Morgan fingerprint density at radius 1 is 1.29 bits per heavy atom. The number of carbonyl (C=O) groups excluding carboxylic acids is 1. The fourth-order valence-electron chi connectivity index (χ4n) is 2.25. The Balaban J connectivity index is 1.59. The summed E-state index contributed by atoms with van der Waals surface area (Å²) >= 11 is 6.32. The van der Waals surface area contributed by atoms with Gasteiger partial charge in [-0.15, -0.1) is 0 Å². The molecular formula is C18H14N4O4S2. The van der Waals surface area contributed by atoms with Crippen molar-refractivity contribution in [1.82, 2.24) is 10.3 Å². The summed E-state index contributed by atoms with van der Waals surface area (Å²) in [6.07, 6.45) is 3.01. The smallest absolute Gasteiger partial charge is 0.270 e. The van der Waals surface area contributed by atoms with Crippen LogP contribution in [0.2, 0.25) is 0 Å². The standard InChI is InChI=1S/C18H14N4O4S2/c1-26-13-6-2-11(3-7-13)4-9-16(23)20-17(27)21-18-19-14-8-5-12(22(24)25)10-15(14)28-18/h2-10H,1H3,(H2,19,20,21,23,27)/b9-4+. The summed E-state index contributed by atoms with van der Waals surface area (Å²) < 4.78 is 5.72. The molecule has 142 valence electrons. The molecule has 10 heteroatoms. The Hall–Kier alpha value is -3.37. The maximum atomic E-state index is 12.0. The van der Waals surface area contributed by atoms with Crippen molar-refractivity contribution in [1.29, 1.82) is 0 Å². The van der Waals surface area contributed by atoms with Crippen LogP contribution in [0, 0.1) is 10.1 Å². The van der Waals surface area contributed by atoms with Gasteiger partial charge in [0.05, 0.1) is 22.2 Å². The molecule has 0 atom stereocenters. The maximum Gasteiger partial charge on any atom is 0.270 e. The third-order valence-electron chi connectivity index (χ3n) is 3.58. The minimum Gasteiger partial charge on any atom is -0.497 e. The van der Waals surface area contributed by atoms with E-state index in [2.05, 4.69) is 15.6 Å². The van der Waals surface area contributed by atoms with Gasteiger partial charge in [0.25, 0.3) is 5.69 Å². The van der Waals surface area contributed by atoms with Crippen LogP contribution >= 0.6 is 23.6 Å². The fraction of sp³-hybridized carbons (Fsp3) is 0.0556. The minimum atomic E-state index is -0.466. The molecule has 2 aromatic carbocycles. The summed E-state index contributed by atoms with van der Waals surface area (Å²) in [5.41, 5.74) is 1.43. The number of hydrogen-bond donors (Lipinski definition) is 2. The van der Waals surface area contributed by atoms with Gasteiger partial charge >= 0.3 is 0 Å². The number of carbonyl (C=O) groups is 1. The van der Waals surface area contributed by atoms with Gasteiger partial charge in [0.1, 0.15) is 5.75 Å². The molecule has 1 heterocycles. The number of non-ortho nitro benzene ring substituents is 1. The SMILES string of the molecule is COc1ccc(/C=C/C(=O)NC(=S)Nc2nc3ccc([N+](=O)[O-])cc3s2)cc1. The van der Waals surface area contributed by atoms with Crippen molar-refractivity contribution >= 4 is 61.7 Å². The van der Waals surface area contributed by atoms with Crippen LogP contribution in [0.1, 0.15) is 5.56 Å². The monoisotopic (exact) mass is 414 g/mol. The van der Waals surface area contributed by atoms with Crippen molar-refractivity contribution in [3.63, 3.8) is 0 Å². The molecule has 0 spiro atoms. The van der Waals surface area contributed by atoms with Gasteiger partial charge in [0, 0.05) is 18.2 Å². The van der Waals surface area contributed by atoms with Crippen LogP contribution in [0.4, 0.5) is 10.8 Å². The fourth-order valence-corrected chi connectivity index (χ4v) is 3.41. The van der Waals surface area contributed by atoms with E-state index in [0.717, 1.165) is 11.3 Å². The normalized spacial score (nSPS) is 10.8. The van der Waals surface area contributed by atoms with Crippen LogP contribution in [0.15, 0.2) is 48.5 Å². The zero-order valence-electron chi connectivity index (χ0n) is 14.5. The molecule has 8 nitrogen and oxygen atoms in total. The lowest BCUT2D eigenvalue weighted by atomic mass is 10.2. The van der Waals surface area contributed by atoms with E-state index in [1.165, 1.54) is 29.5 Å². The summed E-state index contributed by atoms with van der Waals surface area (Å²) in [5, 5.41) is 16.7. The molecule has 0 unspecified atom stereocenters. The Morgan fingerprint density at radius 2 is 2.04 bits per heavy atom. The number of ether oxygens (including phenoxy) is 1. The molecule has 2 N–H and O–H groups in total. The van der Waals surface area contributed by atoms with E-state index in [1.807, 2.05) is 12.1 Å². The molecule has 0 aliphatic rings. The number of aromatic nitrogens is 1. The van der Waals surface area contributed by atoms with Crippen molar-refractivity contribution in [3.8, 4) is 5.75 Å². The number of nitrogens with zero attached hydrogens (tertiary/aromatic N) is 2. The number of anilines is 1. The average molecular weight is 414 g/mol. The number of nitrogens with one attached hydrogen (secondary N) is 2. The topological polar surface area (TPSA) is 106 Å². The van der Waals surface area contributed by atoms with Gasteiger partial charge in [0.15, 0.2) is 10.2 Å².